The molecule has 3 heterocycles. The van der Waals surface area contributed by atoms with Crippen LogP contribution in [-0.2, 0) is 0 Å². The van der Waals surface area contributed by atoms with Gasteiger partial charge in [-0.05, 0) is 43.0 Å². The maximum Gasteiger partial charge on any atom is 0.251 e. The summed E-state index contributed by atoms with van der Waals surface area (Å²) in [6.45, 7) is 4.94. The molecule has 0 unspecified atom stereocenters. The first-order chi connectivity index (χ1) is 16.0. The van der Waals surface area contributed by atoms with Crippen LogP contribution in [0.2, 0.25) is 0 Å². The van der Waals surface area contributed by atoms with Crippen LogP contribution in [0.3, 0.4) is 0 Å². The highest BCUT2D eigenvalue weighted by Gasteiger charge is 2.23. The molecule has 8 heteroatoms. The molecule has 1 fully saturated rings. The van der Waals surface area contributed by atoms with Crippen LogP contribution >= 0.6 is 0 Å². The Labute approximate surface area is 191 Å². The summed E-state index contributed by atoms with van der Waals surface area (Å²) in [6.07, 6.45) is 5.69. The van der Waals surface area contributed by atoms with Crippen LogP contribution in [0.15, 0.2) is 54.9 Å². The largest absolute Gasteiger partial charge is 0.367 e. The van der Waals surface area contributed by atoms with Crippen LogP contribution in [0.4, 0.5) is 10.2 Å². The third kappa shape index (κ3) is 4.55. The Morgan fingerprint density at radius 2 is 1.91 bits per heavy atom. The van der Waals surface area contributed by atoms with E-state index >= 15 is 0 Å². The lowest BCUT2D eigenvalue weighted by atomic mass is 10.1. The molecule has 0 bridgehead atoms. The average molecular weight is 445 g/mol. The van der Waals surface area contributed by atoms with E-state index in [9.17, 15) is 9.18 Å². The lowest BCUT2D eigenvalue weighted by Crippen LogP contribution is -2.25. The minimum atomic E-state index is -0.558. The maximum absolute atomic E-state index is 13.8. The van der Waals surface area contributed by atoms with E-state index in [4.69, 9.17) is 0 Å². The zero-order chi connectivity index (χ0) is 22.9. The summed E-state index contributed by atoms with van der Waals surface area (Å²) in [5.41, 5.74) is 4.02. The van der Waals surface area contributed by atoms with E-state index in [1.165, 1.54) is 6.07 Å². The molecule has 168 valence electrons. The number of amides is 1. The fourth-order valence-corrected chi connectivity index (χ4v) is 3.58. The molecule has 4 aromatic rings. The summed E-state index contributed by atoms with van der Waals surface area (Å²) >= 11 is 0. The van der Waals surface area contributed by atoms with E-state index in [-0.39, 0.29) is 5.91 Å². The van der Waals surface area contributed by atoms with Crippen LogP contribution < -0.4 is 10.6 Å². The van der Waals surface area contributed by atoms with Gasteiger partial charge in [-0.15, -0.1) is 0 Å². The van der Waals surface area contributed by atoms with E-state index in [1.807, 2.05) is 34.9 Å². The number of nitrogens with zero attached hydrogens (tertiary/aromatic N) is 4. The van der Waals surface area contributed by atoms with Crippen LogP contribution in [0.1, 0.15) is 37.0 Å². The van der Waals surface area contributed by atoms with Gasteiger partial charge in [-0.25, -0.2) is 15.0 Å². The lowest BCUT2D eigenvalue weighted by molar-refractivity contribution is 0.0951. The topological polar surface area (TPSA) is 84.2 Å². The summed E-state index contributed by atoms with van der Waals surface area (Å²) in [5.74, 6) is 0.411. The highest BCUT2D eigenvalue weighted by Crippen LogP contribution is 2.28. The Morgan fingerprint density at radius 3 is 2.61 bits per heavy atom. The van der Waals surface area contributed by atoms with E-state index < -0.39 is 5.95 Å². The number of aromatic nitrogens is 4. The second-order valence-corrected chi connectivity index (χ2v) is 8.76. The number of fused-ring (bicyclic) bond motifs is 1. The van der Waals surface area contributed by atoms with E-state index in [1.54, 1.807) is 18.3 Å². The second kappa shape index (κ2) is 8.61. The van der Waals surface area contributed by atoms with Gasteiger partial charge in [0.05, 0.1) is 17.6 Å². The van der Waals surface area contributed by atoms with Crippen LogP contribution in [-0.4, -0.2) is 37.8 Å². The molecule has 3 aromatic heterocycles. The Kier molecular flexibility index (Phi) is 5.50. The van der Waals surface area contributed by atoms with Crippen LogP contribution in [0, 0.1) is 11.9 Å². The molecule has 1 aromatic carbocycles. The fourth-order valence-electron chi connectivity index (χ4n) is 3.58. The zero-order valence-corrected chi connectivity index (χ0v) is 18.5. The molecule has 0 spiro atoms. The number of halogens is 1. The first-order valence-corrected chi connectivity index (χ1v) is 11.1. The first kappa shape index (κ1) is 21.1. The Balaban J connectivity index is 1.55. The third-order valence-corrected chi connectivity index (χ3v) is 5.50. The number of hydrogen-bond acceptors (Lipinski definition) is 5. The summed E-state index contributed by atoms with van der Waals surface area (Å²) in [5, 5.41) is 6.36. The molecule has 7 nitrogen and oxygen atoms in total. The molecule has 1 aliphatic carbocycles. The van der Waals surface area contributed by atoms with Crippen molar-refractivity contribution in [3.05, 3.63) is 66.4 Å². The minimum Gasteiger partial charge on any atom is -0.367 e. The Hall–Kier alpha value is -3.81. The number of anilines is 1. The number of pyridine rings is 1. The monoisotopic (exact) mass is 444 g/mol. The predicted octanol–water partition coefficient (Wildman–Crippen LogP) is 4.56. The van der Waals surface area contributed by atoms with Crippen molar-refractivity contribution in [3.63, 3.8) is 0 Å². The van der Waals surface area contributed by atoms with E-state index in [0.717, 1.165) is 30.6 Å². The summed E-state index contributed by atoms with van der Waals surface area (Å²) in [7, 11) is 0. The van der Waals surface area contributed by atoms with Gasteiger partial charge in [-0.3, -0.25) is 9.20 Å². The lowest BCUT2D eigenvalue weighted by Gasteiger charge is -2.12. The highest BCUT2D eigenvalue weighted by atomic mass is 19.1. The molecular formula is C25H25FN6O. The van der Waals surface area contributed by atoms with Gasteiger partial charge < -0.3 is 10.6 Å². The predicted molar refractivity (Wildman–Crippen MR) is 125 cm³/mol. The number of rotatable bonds is 7. The number of nitrogens with one attached hydrogen (secondary N) is 2. The van der Waals surface area contributed by atoms with E-state index in [0.29, 0.717) is 40.4 Å². The van der Waals surface area contributed by atoms with Crippen molar-refractivity contribution >= 4 is 17.4 Å². The standard InChI is InChI=1S/C25H25FN6O/c1-15(2)12-27-23-24-28-13-21(16-6-8-17(9-7-16)25(33)29-18-10-11-18)32(24)14-20(31-23)19-4-3-5-22(26)30-19/h3-9,13-15,18H,10-12H2,1-2H3,(H,27,31)(H,29,33). The molecule has 5 rings (SSSR count). The van der Waals surface area contributed by atoms with Crippen molar-refractivity contribution in [2.75, 3.05) is 11.9 Å². The Bertz CT molecular complexity index is 1310. The average Bonchev–Trinajstić information content (AvgIpc) is 3.52. The smallest absolute Gasteiger partial charge is 0.251 e. The third-order valence-electron chi connectivity index (χ3n) is 5.50. The molecule has 2 N–H and O–H groups in total. The molecule has 1 amide bonds. The number of benzene rings is 1. The maximum atomic E-state index is 13.8. The minimum absolute atomic E-state index is 0.0500. The van der Waals surface area contributed by atoms with Gasteiger partial charge in [-0.1, -0.05) is 32.0 Å². The first-order valence-electron chi connectivity index (χ1n) is 11.1. The van der Waals surface area contributed by atoms with Gasteiger partial charge in [0.1, 0.15) is 5.69 Å². The van der Waals surface area contributed by atoms with Gasteiger partial charge in [-0.2, -0.15) is 4.39 Å². The quantitative estimate of drug-likeness (QED) is 0.408. The second-order valence-electron chi connectivity index (χ2n) is 8.76. The fraction of sp³-hybridized carbons (Fsp3) is 0.280. The van der Waals surface area contributed by atoms with Crippen molar-refractivity contribution in [2.24, 2.45) is 5.92 Å². The molecule has 0 aliphatic heterocycles. The molecule has 1 aliphatic rings. The molecular weight excluding hydrogens is 419 g/mol. The number of imidazole rings is 1. The normalized spacial score (nSPS) is 13.5. The van der Waals surface area contributed by atoms with Crippen molar-refractivity contribution in [1.29, 1.82) is 0 Å². The van der Waals surface area contributed by atoms with Crippen molar-refractivity contribution in [2.45, 2.75) is 32.7 Å². The van der Waals surface area contributed by atoms with Crippen molar-refractivity contribution in [1.82, 2.24) is 24.7 Å². The summed E-state index contributed by atoms with van der Waals surface area (Å²) < 4.78 is 15.7. The zero-order valence-electron chi connectivity index (χ0n) is 18.5. The SMILES string of the molecule is CC(C)CNc1nc(-c2cccc(F)n2)cn2c(-c3ccc(C(=O)NC4CC4)cc3)cnc12. The van der Waals surface area contributed by atoms with Crippen molar-refractivity contribution < 1.29 is 9.18 Å². The highest BCUT2D eigenvalue weighted by molar-refractivity contribution is 5.95. The Morgan fingerprint density at radius 1 is 1.12 bits per heavy atom. The molecule has 0 radical (unpaired) electrons. The van der Waals surface area contributed by atoms with Crippen molar-refractivity contribution in [3.8, 4) is 22.6 Å². The van der Waals surface area contributed by atoms with Crippen LogP contribution in [0.25, 0.3) is 28.3 Å². The van der Waals surface area contributed by atoms with E-state index in [2.05, 4.69) is 39.4 Å². The summed E-state index contributed by atoms with van der Waals surface area (Å²) in [4.78, 5) is 25.6. The number of carbonyl (C=O) groups excluding carboxylic acids is 1. The number of hydrogen-bond donors (Lipinski definition) is 2. The van der Waals surface area contributed by atoms with Gasteiger partial charge in [0.25, 0.3) is 5.91 Å². The molecule has 0 atom stereocenters. The molecule has 1 saturated carbocycles. The molecule has 0 saturated heterocycles. The molecule has 33 heavy (non-hydrogen) atoms. The van der Waals surface area contributed by atoms with Crippen LogP contribution in [0.5, 0.6) is 0 Å². The van der Waals surface area contributed by atoms with Gasteiger partial charge in [0, 0.05) is 29.9 Å². The summed E-state index contributed by atoms with van der Waals surface area (Å²) in [6, 6.07) is 12.4. The van der Waals surface area contributed by atoms with Gasteiger partial charge in [0.15, 0.2) is 11.5 Å². The van der Waals surface area contributed by atoms with Gasteiger partial charge >= 0.3 is 0 Å². The number of carbonyl (C=O) groups is 1. The van der Waals surface area contributed by atoms with Gasteiger partial charge in [0.2, 0.25) is 5.95 Å².